The van der Waals surface area contributed by atoms with Gasteiger partial charge in [0.05, 0.1) is 19.6 Å². The van der Waals surface area contributed by atoms with Crippen molar-refractivity contribution < 1.29 is 32.6 Å². The highest BCUT2D eigenvalue weighted by Crippen LogP contribution is 2.32. The number of imide groups is 1. The van der Waals surface area contributed by atoms with Gasteiger partial charge in [-0.3, -0.25) is 15.0 Å². The van der Waals surface area contributed by atoms with Crippen molar-refractivity contribution in [2.45, 2.75) is 45.2 Å². The molecule has 1 saturated heterocycles. The van der Waals surface area contributed by atoms with E-state index in [1.807, 2.05) is 6.07 Å². The molecule has 4 amide bonds. The molecule has 17 heteroatoms. The fraction of sp³-hybridized carbons (Fsp3) is 0.333. The third-order valence-electron chi connectivity index (χ3n) is 8.68. The van der Waals surface area contributed by atoms with Gasteiger partial charge in [0.1, 0.15) is 17.7 Å². The number of piperidine rings is 1. The number of fused-ring (bicyclic) bond motifs is 1. The molecule has 5 aromatic rings. The maximum Gasteiger partial charge on any atom is 0.342 e. The van der Waals surface area contributed by atoms with Crippen LogP contribution in [0.15, 0.2) is 67.1 Å². The van der Waals surface area contributed by atoms with E-state index >= 15 is 4.39 Å². The number of nitrogens with one attached hydrogen (secondary N) is 3. The number of likely N-dealkylation sites (tertiary alicyclic amines) is 1. The number of aryl methyl sites for hydroxylation is 1. The molecule has 2 aromatic carbocycles. The Labute approximate surface area is 303 Å². The molecular formula is C36H40F2N10O5. The van der Waals surface area contributed by atoms with Gasteiger partial charge in [0.15, 0.2) is 11.6 Å². The van der Waals surface area contributed by atoms with Gasteiger partial charge in [-0.25, -0.2) is 22.9 Å². The normalized spacial score (nSPS) is 13.6. The number of amides is 4. The van der Waals surface area contributed by atoms with Crippen LogP contribution in [-0.2, 0) is 28.9 Å². The second kappa shape index (κ2) is 17.2. The molecule has 1 fully saturated rings. The van der Waals surface area contributed by atoms with E-state index in [9.17, 15) is 18.8 Å². The Hall–Kier alpha value is -5.78. The molecule has 0 radical (unpaired) electrons. The number of aromatic nitrogens is 5. The van der Waals surface area contributed by atoms with Crippen molar-refractivity contribution in [3.8, 4) is 11.6 Å². The summed E-state index contributed by atoms with van der Waals surface area (Å²) >= 11 is 0. The minimum Gasteiger partial charge on any atom is -0.434 e. The van der Waals surface area contributed by atoms with E-state index in [4.69, 9.17) is 15.2 Å². The number of ether oxygens (including phenoxy) is 2. The lowest BCUT2D eigenvalue weighted by molar-refractivity contribution is -0.119. The maximum absolute atomic E-state index is 15.4. The lowest BCUT2D eigenvalue weighted by atomic mass is 10.1. The minimum atomic E-state index is -0.857. The van der Waals surface area contributed by atoms with Crippen LogP contribution in [-0.4, -0.2) is 86.1 Å². The molecule has 15 nitrogen and oxygen atoms in total. The first-order valence-electron chi connectivity index (χ1n) is 17.1. The number of hydrogen-bond acceptors (Lipinski definition) is 10. The van der Waals surface area contributed by atoms with Crippen LogP contribution in [0.2, 0.25) is 0 Å². The molecule has 5 N–H and O–H groups in total. The fourth-order valence-electron chi connectivity index (χ4n) is 5.94. The van der Waals surface area contributed by atoms with E-state index in [1.54, 1.807) is 23.7 Å². The van der Waals surface area contributed by atoms with Crippen molar-refractivity contribution in [3.63, 3.8) is 0 Å². The Morgan fingerprint density at radius 2 is 1.79 bits per heavy atom. The number of halogens is 2. The third-order valence-corrected chi connectivity index (χ3v) is 8.68. The predicted octanol–water partition coefficient (Wildman–Crippen LogP) is 3.94. The van der Waals surface area contributed by atoms with Crippen molar-refractivity contribution in [1.82, 2.24) is 39.9 Å². The summed E-state index contributed by atoms with van der Waals surface area (Å²) in [5, 5.41) is 15.8. The van der Waals surface area contributed by atoms with Gasteiger partial charge in [0, 0.05) is 54.9 Å². The first kappa shape index (κ1) is 37.0. The van der Waals surface area contributed by atoms with Gasteiger partial charge in [-0.1, -0.05) is 12.1 Å². The third kappa shape index (κ3) is 9.76. The molecule has 4 heterocycles. The Kier molecular flexibility index (Phi) is 12.0. The first-order valence-corrected chi connectivity index (χ1v) is 17.1. The van der Waals surface area contributed by atoms with Gasteiger partial charge < -0.3 is 25.8 Å². The molecule has 278 valence electrons. The highest BCUT2D eigenvalue weighted by Gasteiger charge is 2.22. The SMILES string of the molecule is Cc1ccnn1C(=O)NCCOCCc1cc(CN2CCC(N)CC2)c2c(Oc3ccc(NC(=O)NC(=O)Cc4ccc(F)cc4)cc3F)ncnn12. The van der Waals surface area contributed by atoms with Crippen LogP contribution in [0.25, 0.3) is 5.52 Å². The molecule has 0 saturated carbocycles. The topological polar surface area (TPSA) is 183 Å². The summed E-state index contributed by atoms with van der Waals surface area (Å²) in [7, 11) is 0. The van der Waals surface area contributed by atoms with E-state index < -0.39 is 23.6 Å². The zero-order chi connectivity index (χ0) is 37.3. The van der Waals surface area contributed by atoms with Gasteiger partial charge in [-0.2, -0.15) is 19.9 Å². The molecule has 3 aromatic heterocycles. The highest BCUT2D eigenvalue weighted by molar-refractivity contribution is 6.01. The lowest BCUT2D eigenvalue weighted by Gasteiger charge is -2.29. The van der Waals surface area contributed by atoms with Gasteiger partial charge >= 0.3 is 12.1 Å². The number of rotatable bonds is 13. The van der Waals surface area contributed by atoms with Crippen molar-refractivity contribution in [3.05, 3.63) is 101 Å². The Morgan fingerprint density at radius 1 is 1.00 bits per heavy atom. The molecule has 0 spiro atoms. The van der Waals surface area contributed by atoms with Gasteiger partial charge in [-0.05, 0) is 80.4 Å². The van der Waals surface area contributed by atoms with Crippen molar-refractivity contribution in [1.29, 1.82) is 0 Å². The predicted molar refractivity (Wildman–Crippen MR) is 189 cm³/mol. The fourth-order valence-corrected chi connectivity index (χ4v) is 5.94. The number of carbonyl (C=O) groups is 3. The first-order chi connectivity index (χ1) is 25.6. The molecule has 0 aliphatic carbocycles. The van der Waals surface area contributed by atoms with Gasteiger partial charge in [0.25, 0.3) is 0 Å². The second-order valence-electron chi connectivity index (χ2n) is 12.6. The van der Waals surface area contributed by atoms with Crippen LogP contribution in [0.5, 0.6) is 11.6 Å². The lowest BCUT2D eigenvalue weighted by Crippen LogP contribution is -2.39. The van der Waals surface area contributed by atoms with E-state index in [-0.39, 0.29) is 42.4 Å². The van der Waals surface area contributed by atoms with Crippen molar-refractivity contribution >= 4 is 29.2 Å². The summed E-state index contributed by atoms with van der Waals surface area (Å²) in [6.07, 6.45) is 4.96. The summed E-state index contributed by atoms with van der Waals surface area (Å²) in [6, 6.07) is 11.9. The number of nitrogens with two attached hydrogens (primary N) is 1. The van der Waals surface area contributed by atoms with Gasteiger partial charge in [-0.15, -0.1) is 0 Å². The Balaban J connectivity index is 1.11. The molecule has 6 rings (SSSR count). The second-order valence-corrected chi connectivity index (χ2v) is 12.6. The molecule has 1 aliphatic heterocycles. The van der Waals surface area contributed by atoms with Crippen LogP contribution in [0.4, 0.5) is 24.1 Å². The summed E-state index contributed by atoms with van der Waals surface area (Å²) in [4.78, 5) is 43.6. The average molecular weight is 731 g/mol. The van der Waals surface area contributed by atoms with Crippen LogP contribution < -0.4 is 26.4 Å². The molecule has 0 bridgehead atoms. The molecule has 1 aliphatic rings. The van der Waals surface area contributed by atoms with Crippen molar-refractivity contribution in [2.75, 3.05) is 38.2 Å². The Morgan fingerprint density at radius 3 is 2.53 bits per heavy atom. The highest BCUT2D eigenvalue weighted by atomic mass is 19.1. The number of urea groups is 1. The largest absolute Gasteiger partial charge is 0.434 e. The van der Waals surface area contributed by atoms with E-state index in [1.165, 1.54) is 47.4 Å². The summed E-state index contributed by atoms with van der Waals surface area (Å²) in [5.41, 5.74) is 9.75. The van der Waals surface area contributed by atoms with E-state index in [0.29, 0.717) is 37.2 Å². The van der Waals surface area contributed by atoms with E-state index in [0.717, 1.165) is 48.9 Å². The standard InChI is InChI=1S/C36H40F2N10O5/c1-23-8-12-42-47(23)36(51)40-13-17-52-16-11-29-19-25(21-46-14-9-27(39)10-15-46)33-34(41-22-43-48(29)33)53-31-7-6-28(20-30(31)38)44-35(50)45-32(49)18-24-2-4-26(37)5-3-24/h2-8,12,19-20,22,27H,9-11,13-18,21,39H2,1H3,(H,40,51)(H2,44,45,49,50). The number of carbonyl (C=O) groups excluding carboxylic acids is 3. The zero-order valence-corrected chi connectivity index (χ0v) is 29.1. The molecule has 53 heavy (non-hydrogen) atoms. The van der Waals surface area contributed by atoms with Crippen LogP contribution in [0.1, 0.15) is 35.4 Å². The number of anilines is 1. The van der Waals surface area contributed by atoms with E-state index in [2.05, 4.69) is 36.0 Å². The quantitative estimate of drug-likeness (QED) is 0.130. The summed E-state index contributed by atoms with van der Waals surface area (Å²) in [5.74, 6) is -1.84. The van der Waals surface area contributed by atoms with Crippen LogP contribution in [0, 0.1) is 18.6 Å². The number of benzene rings is 2. The Bertz CT molecular complexity index is 2060. The minimum absolute atomic E-state index is 0.0831. The monoisotopic (exact) mass is 730 g/mol. The summed E-state index contributed by atoms with van der Waals surface area (Å²) in [6.45, 7) is 4.93. The molecule has 0 unspecified atom stereocenters. The van der Waals surface area contributed by atoms with Crippen molar-refractivity contribution in [2.24, 2.45) is 5.73 Å². The molecule has 0 atom stereocenters. The summed E-state index contributed by atoms with van der Waals surface area (Å²) < 4.78 is 43.4. The number of hydrogen-bond donors (Lipinski definition) is 4. The van der Waals surface area contributed by atoms with Crippen LogP contribution >= 0.6 is 0 Å². The molecular weight excluding hydrogens is 690 g/mol. The van der Waals surface area contributed by atoms with Gasteiger partial charge in [0.2, 0.25) is 11.8 Å². The maximum atomic E-state index is 15.4. The number of nitrogens with zero attached hydrogens (tertiary/aromatic N) is 6. The zero-order valence-electron chi connectivity index (χ0n) is 29.1. The average Bonchev–Trinajstić information content (AvgIpc) is 3.72. The van der Waals surface area contributed by atoms with Crippen LogP contribution in [0.3, 0.4) is 0 Å². The smallest absolute Gasteiger partial charge is 0.342 e.